The van der Waals surface area contributed by atoms with Crippen molar-refractivity contribution in [1.82, 2.24) is 25.0 Å². The quantitative estimate of drug-likeness (QED) is 0.648. The van der Waals surface area contributed by atoms with Crippen LogP contribution in [0.3, 0.4) is 0 Å². The van der Waals surface area contributed by atoms with Crippen molar-refractivity contribution in [3.63, 3.8) is 0 Å². The van der Waals surface area contributed by atoms with E-state index in [-0.39, 0.29) is 24.5 Å². The summed E-state index contributed by atoms with van der Waals surface area (Å²) in [6.45, 7) is 7.43. The van der Waals surface area contributed by atoms with Crippen molar-refractivity contribution in [2.45, 2.75) is 39.4 Å². The highest BCUT2D eigenvalue weighted by atomic mass is 16.5. The lowest BCUT2D eigenvalue weighted by Gasteiger charge is -2.23. The highest BCUT2D eigenvalue weighted by Crippen LogP contribution is 2.27. The van der Waals surface area contributed by atoms with E-state index in [4.69, 9.17) is 14.2 Å². The molecular formula is C22H33N5O4. The van der Waals surface area contributed by atoms with Crippen LogP contribution in [0.2, 0.25) is 0 Å². The second kappa shape index (κ2) is 10.6. The fourth-order valence-corrected chi connectivity index (χ4v) is 3.88. The minimum absolute atomic E-state index is 0.0295. The number of rotatable bonds is 9. The molecule has 3 rings (SSSR count). The fraction of sp³-hybridized carbons (Fsp3) is 0.591. The molecule has 1 aromatic carbocycles. The molecule has 170 valence electrons. The zero-order chi connectivity index (χ0) is 22.4. The van der Waals surface area contributed by atoms with Gasteiger partial charge >= 0.3 is 0 Å². The number of benzene rings is 1. The van der Waals surface area contributed by atoms with Crippen molar-refractivity contribution in [3.05, 3.63) is 35.4 Å². The minimum atomic E-state index is -0.211. The lowest BCUT2D eigenvalue weighted by molar-refractivity contribution is -0.125. The molecule has 1 atom stereocenters. The standard InChI is InChI=1S/C22H33N5O4/c1-15(2)21(23-20(28)14-29-3)22-25-24-19-8-9-26(10-11-27(19)22)13-16-6-7-17(30-4)12-18(16)31-5/h6-7,12,15,21H,8-11,13-14H2,1-5H3,(H,23,28)/t21-/m0/s1. The van der Waals surface area contributed by atoms with Gasteiger partial charge in [0.2, 0.25) is 5.91 Å². The first-order valence-corrected chi connectivity index (χ1v) is 10.6. The highest BCUT2D eigenvalue weighted by molar-refractivity contribution is 5.77. The summed E-state index contributed by atoms with van der Waals surface area (Å²) < 4.78 is 18.0. The lowest BCUT2D eigenvalue weighted by Crippen LogP contribution is -2.36. The largest absolute Gasteiger partial charge is 0.497 e. The first kappa shape index (κ1) is 23.0. The molecule has 0 spiro atoms. The Labute approximate surface area is 183 Å². The van der Waals surface area contributed by atoms with Crippen LogP contribution in [0.4, 0.5) is 0 Å². The Morgan fingerprint density at radius 3 is 2.61 bits per heavy atom. The highest BCUT2D eigenvalue weighted by Gasteiger charge is 2.27. The third-order valence-corrected chi connectivity index (χ3v) is 5.57. The molecule has 0 aliphatic carbocycles. The maximum absolute atomic E-state index is 12.1. The van der Waals surface area contributed by atoms with E-state index in [1.165, 1.54) is 7.11 Å². The molecule has 0 unspecified atom stereocenters. The Bertz CT molecular complexity index is 883. The molecular weight excluding hydrogens is 398 g/mol. The van der Waals surface area contributed by atoms with E-state index >= 15 is 0 Å². The van der Waals surface area contributed by atoms with Crippen LogP contribution in [0.1, 0.15) is 37.1 Å². The van der Waals surface area contributed by atoms with Gasteiger partial charge in [-0.2, -0.15) is 0 Å². The summed E-state index contributed by atoms with van der Waals surface area (Å²) in [6.07, 6.45) is 0.794. The Morgan fingerprint density at radius 1 is 1.13 bits per heavy atom. The second-order valence-electron chi connectivity index (χ2n) is 8.05. The van der Waals surface area contributed by atoms with Crippen LogP contribution in [0.5, 0.6) is 11.5 Å². The van der Waals surface area contributed by atoms with Gasteiger partial charge in [-0.05, 0) is 12.0 Å². The van der Waals surface area contributed by atoms with Crippen LogP contribution in [-0.4, -0.2) is 66.6 Å². The molecule has 1 N–H and O–H groups in total. The first-order valence-electron chi connectivity index (χ1n) is 10.6. The number of amides is 1. The van der Waals surface area contributed by atoms with Gasteiger partial charge in [0, 0.05) is 51.3 Å². The van der Waals surface area contributed by atoms with Crippen LogP contribution < -0.4 is 14.8 Å². The second-order valence-corrected chi connectivity index (χ2v) is 8.05. The van der Waals surface area contributed by atoms with E-state index in [2.05, 4.69) is 38.8 Å². The molecule has 0 radical (unpaired) electrons. The molecule has 0 bridgehead atoms. The maximum Gasteiger partial charge on any atom is 0.246 e. The average Bonchev–Trinajstić information content (AvgIpc) is 3.05. The van der Waals surface area contributed by atoms with Crippen molar-refractivity contribution >= 4 is 5.91 Å². The Hall–Kier alpha value is -2.65. The average molecular weight is 432 g/mol. The van der Waals surface area contributed by atoms with Gasteiger partial charge in [-0.3, -0.25) is 9.69 Å². The third kappa shape index (κ3) is 5.54. The topological polar surface area (TPSA) is 90.7 Å². The van der Waals surface area contributed by atoms with Crippen LogP contribution in [0.25, 0.3) is 0 Å². The number of hydrogen-bond donors (Lipinski definition) is 1. The number of ether oxygens (including phenoxy) is 3. The molecule has 31 heavy (non-hydrogen) atoms. The Morgan fingerprint density at radius 2 is 1.94 bits per heavy atom. The molecule has 0 saturated heterocycles. The van der Waals surface area contributed by atoms with Gasteiger partial charge in [-0.15, -0.1) is 10.2 Å². The molecule has 9 heteroatoms. The smallest absolute Gasteiger partial charge is 0.246 e. The van der Waals surface area contributed by atoms with Gasteiger partial charge < -0.3 is 24.1 Å². The van der Waals surface area contributed by atoms with Crippen LogP contribution in [0, 0.1) is 5.92 Å². The number of hydrogen-bond acceptors (Lipinski definition) is 7. The van der Waals surface area contributed by atoms with Gasteiger partial charge in [0.15, 0.2) is 5.82 Å². The van der Waals surface area contributed by atoms with Gasteiger partial charge in [-0.25, -0.2) is 0 Å². The van der Waals surface area contributed by atoms with Crippen LogP contribution in [0.15, 0.2) is 18.2 Å². The first-order chi connectivity index (χ1) is 15.0. The summed E-state index contributed by atoms with van der Waals surface area (Å²) in [5, 5.41) is 11.9. The molecule has 0 fully saturated rings. The van der Waals surface area contributed by atoms with E-state index in [0.717, 1.165) is 61.3 Å². The minimum Gasteiger partial charge on any atom is -0.497 e. The van der Waals surface area contributed by atoms with E-state index < -0.39 is 0 Å². The summed E-state index contributed by atoms with van der Waals surface area (Å²) in [5.41, 5.74) is 1.12. The number of nitrogens with zero attached hydrogens (tertiary/aromatic N) is 4. The van der Waals surface area contributed by atoms with E-state index in [9.17, 15) is 4.79 Å². The van der Waals surface area contributed by atoms with Crippen LogP contribution in [-0.2, 0) is 29.0 Å². The summed E-state index contributed by atoms with van der Waals surface area (Å²) in [6, 6.07) is 5.71. The monoisotopic (exact) mass is 431 g/mol. The zero-order valence-electron chi connectivity index (χ0n) is 19.1. The van der Waals surface area contributed by atoms with Gasteiger partial charge in [-0.1, -0.05) is 19.9 Å². The molecule has 1 amide bonds. The van der Waals surface area contributed by atoms with E-state index in [0.29, 0.717) is 0 Å². The van der Waals surface area contributed by atoms with E-state index in [1.807, 2.05) is 18.2 Å². The number of fused-ring (bicyclic) bond motifs is 1. The lowest BCUT2D eigenvalue weighted by atomic mass is 10.0. The number of methoxy groups -OCH3 is 3. The number of aromatic nitrogens is 3. The molecule has 2 heterocycles. The summed E-state index contributed by atoms with van der Waals surface area (Å²) in [5.74, 6) is 3.38. The van der Waals surface area contributed by atoms with E-state index in [1.54, 1.807) is 14.2 Å². The molecule has 2 aromatic rings. The number of nitrogens with one attached hydrogen (secondary N) is 1. The normalized spacial score (nSPS) is 15.3. The fourth-order valence-electron chi connectivity index (χ4n) is 3.88. The molecule has 9 nitrogen and oxygen atoms in total. The maximum atomic E-state index is 12.1. The van der Waals surface area contributed by atoms with Gasteiger partial charge in [0.25, 0.3) is 0 Å². The predicted molar refractivity (Wildman–Crippen MR) is 116 cm³/mol. The van der Waals surface area contributed by atoms with Crippen molar-refractivity contribution in [1.29, 1.82) is 0 Å². The number of carbonyl (C=O) groups excluding carboxylic acids is 1. The predicted octanol–water partition coefficient (Wildman–Crippen LogP) is 1.81. The Kier molecular flexibility index (Phi) is 7.86. The van der Waals surface area contributed by atoms with Crippen molar-refractivity contribution in [3.8, 4) is 11.5 Å². The van der Waals surface area contributed by atoms with Crippen molar-refractivity contribution in [2.75, 3.05) is 41.0 Å². The summed E-state index contributed by atoms with van der Waals surface area (Å²) in [7, 11) is 4.84. The molecule has 1 aliphatic heterocycles. The van der Waals surface area contributed by atoms with Crippen molar-refractivity contribution < 1.29 is 19.0 Å². The van der Waals surface area contributed by atoms with Gasteiger partial charge in [0.05, 0.1) is 20.3 Å². The SMILES string of the molecule is COCC(=O)N[C@H](c1nnc2n1CCN(Cc1ccc(OC)cc1OC)CC2)C(C)C. The summed E-state index contributed by atoms with van der Waals surface area (Å²) >= 11 is 0. The van der Waals surface area contributed by atoms with Crippen molar-refractivity contribution in [2.24, 2.45) is 5.92 Å². The number of carbonyl (C=O) groups is 1. The molecule has 1 aliphatic rings. The van der Waals surface area contributed by atoms with Gasteiger partial charge in [0.1, 0.15) is 23.9 Å². The Balaban J connectivity index is 1.73. The molecule has 1 aromatic heterocycles. The third-order valence-electron chi connectivity index (χ3n) is 5.57. The molecule has 0 saturated carbocycles. The zero-order valence-corrected chi connectivity index (χ0v) is 19.1. The van der Waals surface area contributed by atoms with Crippen LogP contribution >= 0.6 is 0 Å². The summed E-state index contributed by atoms with van der Waals surface area (Å²) in [4.78, 5) is 14.5.